The van der Waals surface area contributed by atoms with Crippen LogP contribution in [0.15, 0.2) is 121 Å². The predicted molar refractivity (Wildman–Crippen MR) is 181 cm³/mol. The topological polar surface area (TPSA) is 114 Å². The molecule has 48 heavy (non-hydrogen) atoms. The Kier molecular flexibility index (Phi) is 8.56. The van der Waals surface area contributed by atoms with E-state index in [-0.39, 0.29) is 24.0 Å². The van der Waals surface area contributed by atoms with Crippen molar-refractivity contribution in [1.29, 1.82) is 0 Å². The SMILES string of the molecule is C[N+]1(c2nc(Oc3ccccc3)nc(Oc3ccccc3)n2)CC[N+](C)(c2nc(Oc3ccccc3)nc(Oc3ccccc3)n2)CC1. The number of likely N-dealkylation sites (N-methyl/N-ethyl adjacent to an activating group) is 2. The van der Waals surface area contributed by atoms with Gasteiger partial charge in [-0.1, -0.05) is 72.8 Å². The van der Waals surface area contributed by atoms with E-state index in [1.54, 1.807) is 0 Å². The van der Waals surface area contributed by atoms with Gasteiger partial charge in [-0.2, -0.15) is 0 Å². The molecule has 1 saturated heterocycles. The monoisotopic (exact) mass is 642 g/mol. The minimum absolute atomic E-state index is 0.155. The van der Waals surface area contributed by atoms with Gasteiger partial charge in [0.15, 0.2) is 0 Å². The van der Waals surface area contributed by atoms with Crippen molar-refractivity contribution < 1.29 is 18.9 Å². The van der Waals surface area contributed by atoms with E-state index in [1.807, 2.05) is 121 Å². The first kappa shape index (κ1) is 30.7. The van der Waals surface area contributed by atoms with Crippen LogP contribution in [0, 0.1) is 0 Å². The quantitative estimate of drug-likeness (QED) is 0.148. The van der Waals surface area contributed by atoms with Crippen molar-refractivity contribution >= 4 is 11.9 Å². The number of rotatable bonds is 10. The van der Waals surface area contributed by atoms with Gasteiger partial charge < -0.3 is 18.9 Å². The van der Waals surface area contributed by atoms with Gasteiger partial charge in [-0.3, -0.25) is 8.97 Å². The third-order valence-corrected chi connectivity index (χ3v) is 8.11. The zero-order chi connectivity index (χ0) is 32.8. The number of aromatic nitrogens is 6. The van der Waals surface area contributed by atoms with Gasteiger partial charge in [-0.15, -0.1) is 29.9 Å². The molecule has 1 aliphatic rings. The molecule has 0 atom stereocenters. The number of quaternary nitrogens is 2. The standard InChI is InChI=1S/C36H34N8O4/c1-43(31-37-33(45-27-15-7-3-8-16-27)41-34(38-31)46-28-17-9-4-10-18-28)23-25-44(2,26-24-43)32-39-35(47-29-19-11-5-12-20-29)42-36(40-32)48-30-21-13-6-14-22-30/h3-22H,23-26H2,1-2H3/q+2. The fourth-order valence-corrected chi connectivity index (χ4v) is 5.20. The minimum atomic E-state index is 0.155. The van der Waals surface area contributed by atoms with Gasteiger partial charge in [0, 0.05) is 0 Å². The molecule has 12 heteroatoms. The first-order valence-corrected chi connectivity index (χ1v) is 15.6. The molecule has 1 aliphatic heterocycles. The molecular formula is C36H34N8O4+2. The van der Waals surface area contributed by atoms with Crippen LogP contribution in [-0.4, -0.2) is 70.2 Å². The van der Waals surface area contributed by atoms with Crippen molar-refractivity contribution in [3.05, 3.63) is 121 Å². The molecule has 0 unspecified atom stereocenters. The summed E-state index contributed by atoms with van der Waals surface area (Å²) in [6.07, 6.45) is 0. The van der Waals surface area contributed by atoms with Crippen LogP contribution in [0.3, 0.4) is 0 Å². The summed E-state index contributed by atoms with van der Waals surface area (Å²) in [7, 11) is 4.19. The average molecular weight is 643 g/mol. The summed E-state index contributed by atoms with van der Waals surface area (Å²) in [5.41, 5.74) is 0. The Hall–Kier alpha value is -5.98. The van der Waals surface area contributed by atoms with Crippen molar-refractivity contribution in [2.75, 3.05) is 40.3 Å². The summed E-state index contributed by atoms with van der Waals surface area (Å²) < 4.78 is 25.1. The maximum absolute atomic E-state index is 6.06. The molecular weight excluding hydrogens is 608 g/mol. The van der Waals surface area contributed by atoms with Gasteiger partial charge >= 0.3 is 35.9 Å². The lowest BCUT2D eigenvalue weighted by atomic mass is 10.2. The molecule has 3 heterocycles. The van der Waals surface area contributed by atoms with Crippen LogP contribution < -0.4 is 27.9 Å². The lowest BCUT2D eigenvalue weighted by Crippen LogP contribution is -2.66. The molecule has 0 aliphatic carbocycles. The molecule has 2 aromatic heterocycles. The second-order valence-corrected chi connectivity index (χ2v) is 11.7. The van der Waals surface area contributed by atoms with Crippen LogP contribution in [0.4, 0.5) is 11.9 Å². The Bertz CT molecular complexity index is 1700. The van der Waals surface area contributed by atoms with Crippen LogP contribution in [-0.2, 0) is 0 Å². The highest BCUT2D eigenvalue weighted by atomic mass is 16.5. The number of para-hydroxylation sites is 4. The van der Waals surface area contributed by atoms with E-state index in [2.05, 4.69) is 24.1 Å². The van der Waals surface area contributed by atoms with Crippen molar-refractivity contribution in [2.45, 2.75) is 0 Å². The Morgan fingerprint density at radius 3 is 0.812 bits per heavy atom. The molecule has 6 aromatic rings. The Morgan fingerprint density at radius 2 is 0.583 bits per heavy atom. The van der Waals surface area contributed by atoms with Gasteiger partial charge in [0.2, 0.25) is 0 Å². The second-order valence-electron chi connectivity index (χ2n) is 11.7. The first-order chi connectivity index (χ1) is 23.4. The number of piperazine rings is 1. The number of benzene rings is 4. The molecule has 240 valence electrons. The smallest absolute Gasteiger partial charge is 0.338 e. The molecule has 0 radical (unpaired) electrons. The fourth-order valence-electron chi connectivity index (χ4n) is 5.20. The lowest BCUT2D eigenvalue weighted by molar-refractivity contribution is 0.166. The molecule has 7 rings (SSSR count). The molecule has 1 fully saturated rings. The predicted octanol–water partition coefficient (Wildman–Crippen LogP) is 6.81. The van der Waals surface area contributed by atoms with E-state index in [9.17, 15) is 0 Å². The molecule has 0 spiro atoms. The number of hydrogen-bond donors (Lipinski definition) is 0. The maximum Gasteiger partial charge on any atom is 0.338 e. The Balaban J connectivity index is 1.17. The van der Waals surface area contributed by atoms with Gasteiger partial charge in [0.1, 0.15) is 49.2 Å². The molecule has 0 N–H and O–H groups in total. The van der Waals surface area contributed by atoms with E-state index in [0.717, 1.165) is 0 Å². The van der Waals surface area contributed by atoms with Crippen molar-refractivity contribution in [1.82, 2.24) is 38.9 Å². The van der Waals surface area contributed by atoms with Crippen LogP contribution in [0.2, 0.25) is 0 Å². The normalized spacial score (nSPS) is 18.9. The van der Waals surface area contributed by atoms with Crippen LogP contribution in [0.1, 0.15) is 0 Å². The van der Waals surface area contributed by atoms with Gasteiger partial charge in [0.25, 0.3) is 0 Å². The zero-order valence-electron chi connectivity index (χ0n) is 26.6. The molecule has 0 amide bonds. The highest BCUT2D eigenvalue weighted by Crippen LogP contribution is 2.32. The van der Waals surface area contributed by atoms with Gasteiger partial charge in [-0.25, -0.2) is 0 Å². The molecule has 12 nitrogen and oxygen atoms in total. The van der Waals surface area contributed by atoms with Crippen molar-refractivity contribution in [3.8, 4) is 47.0 Å². The summed E-state index contributed by atoms with van der Waals surface area (Å²) >= 11 is 0. The Labute approximate surface area is 278 Å². The summed E-state index contributed by atoms with van der Waals surface area (Å²) in [6, 6.07) is 38.2. The summed E-state index contributed by atoms with van der Waals surface area (Å²) in [5, 5.41) is 0. The number of ether oxygens (including phenoxy) is 4. The van der Waals surface area contributed by atoms with Crippen molar-refractivity contribution in [2.24, 2.45) is 0 Å². The van der Waals surface area contributed by atoms with E-state index < -0.39 is 0 Å². The minimum Gasteiger partial charge on any atom is -0.424 e. The molecule has 4 aromatic carbocycles. The highest BCUT2D eigenvalue weighted by molar-refractivity contribution is 5.37. The van der Waals surface area contributed by atoms with Gasteiger partial charge in [-0.05, 0) is 48.5 Å². The molecule has 0 bridgehead atoms. The second kappa shape index (κ2) is 13.4. The number of nitrogens with zero attached hydrogens (tertiary/aromatic N) is 8. The summed E-state index contributed by atoms with van der Waals surface area (Å²) in [6.45, 7) is 2.63. The van der Waals surface area contributed by atoms with E-state index >= 15 is 0 Å². The summed E-state index contributed by atoms with van der Waals surface area (Å²) in [5.74, 6) is 3.52. The summed E-state index contributed by atoms with van der Waals surface area (Å²) in [4.78, 5) is 28.0. The zero-order valence-corrected chi connectivity index (χ0v) is 26.6. The van der Waals surface area contributed by atoms with E-state index in [0.29, 0.717) is 70.0 Å². The maximum atomic E-state index is 6.06. The lowest BCUT2D eigenvalue weighted by Gasteiger charge is -2.42. The van der Waals surface area contributed by atoms with Crippen LogP contribution in [0.5, 0.6) is 47.0 Å². The fraction of sp³-hybridized carbons (Fsp3) is 0.167. The van der Waals surface area contributed by atoms with Gasteiger partial charge in [0.05, 0.1) is 14.1 Å². The van der Waals surface area contributed by atoms with E-state index in [1.165, 1.54) is 0 Å². The largest absolute Gasteiger partial charge is 0.424 e. The average Bonchev–Trinajstić information content (AvgIpc) is 3.11. The Morgan fingerprint density at radius 1 is 0.354 bits per heavy atom. The third kappa shape index (κ3) is 7.20. The van der Waals surface area contributed by atoms with Crippen LogP contribution in [0.25, 0.3) is 0 Å². The highest BCUT2D eigenvalue weighted by Gasteiger charge is 2.44. The third-order valence-electron chi connectivity index (χ3n) is 8.11. The first-order valence-electron chi connectivity index (χ1n) is 15.6. The van der Waals surface area contributed by atoms with E-state index in [4.69, 9.17) is 38.9 Å². The molecule has 0 saturated carbocycles. The van der Waals surface area contributed by atoms with Crippen LogP contribution >= 0.6 is 0 Å². The number of hydrogen-bond acceptors (Lipinski definition) is 10. The van der Waals surface area contributed by atoms with Crippen molar-refractivity contribution in [3.63, 3.8) is 0 Å².